The lowest BCUT2D eigenvalue weighted by atomic mass is 9.85. The van der Waals surface area contributed by atoms with Gasteiger partial charge < -0.3 is 10.7 Å². The fraction of sp³-hybridized carbons (Fsp3) is 0.347. The summed E-state index contributed by atoms with van der Waals surface area (Å²) in [6.07, 6.45) is 29.5. The lowest BCUT2D eigenvalue weighted by Crippen LogP contribution is -2.16. The molecule has 9 aromatic carbocycles. The van der Waals surface area contributed by atoms with Crippen LogP contribution in [0.25, 0.3) is 89.9 Å². The van der Waals surface area contributed by atoms with Crippen LogP contribution < -0.4 is 11.3 Å². The summed E-state index contributed by atoms with van der Waals surface area (Å²) in [5, 5.41) is 14.1. The molecule has 0 saturated carbocycles. The van der Waals surface area contributed by atoms with Crippen molar-refractivity contribution < 1.29 is 0 Å². The van der Waals surface area contributed by atoms with Crippen LogP contribution in [0.1, 0.15) is 263 Å². The van der Waals surface area contributed by atoms with Crippen molar-refractivity contribution >= 4 is 95.7 Å². The molecule has 5 aliphatic rings. The second-order valence-electron chi connectivity index (χ2n) is 33.6. The van der Waals surface area contributed by atoms with E-state index in [-0.39, 0.29) is 5.56 Å². The van der Waals surface area contributed by atoms with Gasteiger partial charge in [0.25, 0.3) is 5.56 Å². The van der Waals surface area contributed by atoms with Crippen LogP contribution in [-0.4, -0.2) is 34.3 Å². The molecule has 110 heavy (non-hydrogen) atoms. The highest BCUT2D eigenvalue weighted by molar-refractivity contribution is 6.24. The summed E-state index contributed by atoms with van der Waals surface area (Å²) in [6, 6.07) is 43.0. The monoisotopic (exact) mass is 1460 g/mol. The first-order valence-electron chi connectivity index (χ1n) is 40.3. The summed E-state index contributed by atoms with van der Waals surface area (Å²) < 4.78 is 2.05. The van der Waals surface area contributed by atoms with Gasteiger partial charge >= 0.3 is 0 Å². The van der Waals surface area contributed by atoms with E-state index in [0.29, 0.717) is 76.7 Å². The molecule has 5 aliphatic carbocycles. The van der Waals surface area contributed by atoms with Crippen molar-refractivity contribution in [2.24, 2.45) is 23.7 Å². The second kappa shape index (κ2) is 33.4. The average Bonchev–Trinajstić information content (AvgIpc) is 1.11. The molecule has 4 unspecified atom stereocenters. The minimum atomic E-state index is -0.0214. The van der Waals surface area contributed by atoms with Gasteiger partial charge in [0.15, 0.2) is 0 Å². The smallest absolute Gasteiger partial charge is 0.258 e. The van der Waals surface area contributed by atoms with E-state index in [4.69, 9.17) is 10.7 Å². The fourth-order valence-electron chi connectivity index (χ4n) is 17.3. The number of nitrogens with zero attached hydrogens (tertiary/aromatic N) is 6. The molecule has 18 rings (SSSR count). The van der Waals surface area contributed by atoms with Gasteiger partial charge in [-0.3, -0.25) is 9.20 Å². The second-order valence-corrected chi connectivity index (χ2v) is 33.6. The summed E-state index contributed by atoms with van der Waals surface area (Å²) in [6.45, 7) is 48.4. The number of hydrogen-bond acceptors (Lipinski definition) is 7. The van der Waals surface area contributed by atoms with Crippen LogP contribution in [0.2, 0.25) is 0 Å². The number of rotatable bonds is 7. The summed E-state index contributed by atoms with van der Waals surface area (Å²) in [5.74, 6) is 8.14. The summed E-state index contributed by atoms with van der Waals surface area (Å²) in [7, 11) is 0. The van der Waals surface area contributed by atoms with Crippen LogP contribution in [0.5, 0.6) is 0 Å². The Morgan fingerprint density at radius 1 is 0.436 bits per heavy atom. The number of hydrogen-bond donors (Lipinski definition) is 2. The third-order valence-electron chi connectivity index (χ3n) is 23.0. The maximum Gasteiger partial charge on any atom is 0.258 e. The van der Waals surface area contributed by atoms with E-state index in [1.54, 1.807) is 5.56 Å². The third kappa shape index (κ3) is 16.3. The summed E-state index contributed by atoms with van der Waals surface area (Å²) in [4.78, 5) is 36.0. The molecule has 4 atom stereocenters. The van der Waals surface area contributed by atoms with Crippen molar-refractivity contribution in [2.45, 2.75) is 207 Å². The van der Waals surface area contributed by atoms with Gasteiger partial charge in [-0.1, -0.05) is 284 Å². The molecule has 0 spiro atoms. The Bertz CT molecular complexity index is 5780. The van der Waals surface area contributed by atoms with Gasteiger partial charge in [-0.05, 0) is 225 Å². The van der Waals surface area contributed by atoms with Crippen LogP contribution in [0, 0.1) is 79.1 Å². The number of imidazole rings is 1. The van der Waals surface area contributed by atoms with E-state index in [9.17, 15) is 4.79 Å². The number of nitrogen functional groups attached to an aromatic ring is 1. The van der Waals surface area contributed by atoms with Crippen LogP contribution in [0.4, 0.5) is 5.82 Å². The molecule has 9 heteroatoms. The van der Waals surface area contributed by atoms with Crippen molar-refractivity contribution in [3.05, 3.63) is 292 Å². The SMILES string of the molecule is CC(C)C1C=Cc2c(N)ncnc21.Cc1cc(C)c2c(c1)C(C(C)C)C=C2.Cc1cc(C)c2cccc(C(C)C)c2c1.Cc1cc2c(C(C)C)ccc3ccc4cccc1c4c32.Cc1cc2c(C(C)C)cccc2c2c1C=CCC2.Cc1nc2c(c(=O)[nH]1)C=CC2C(C)C.Cc1nc2c(c3nccn13)C=CC2C(C)C. The molecule has 13 aromatic rings. The standard InChI is InChI=1S/C20H18.C18H20.C15H18.C14H18.C13H15N3.C11H14N2O.C10H13N3/c1-12(2)16-10-9-15-8-7-14-5-4-6-17-13(3)11-18(16)20(15)19(14)17;1-12(2)14-9-6-10-17-16-8-5-4-7-15(16)13(3)11-18(14)17;1-10(2)13-6-5-7-14-12(4)8-11(3)9-15(13)14;1-9(2)12-5-6-13-11(4)7-10(3)8-14(12)13;1-8(2)10-4-5-11-12(10)15-9(3)16-7-6-14-13(11)16;1-6(2)8-4-5-9-10(8)12-7(3)13-11(9)14;1-6(2)7-3-4-8-9(7)12-5-13-10(8)11/h4-12H,1-3H3;4,6-7,9-12H,5,8H2,1-3H3;5-10H,1-4H3;5-9,12H,1-4H3;4-8,10H,1-3H3;4-6,8H,1-3H3,(H,12,13,14);3-7H,1-2H3,(H2,11,12,13). The Hall–Kier alpha value is -10.4. The number of aromatic amines is 1. The van der Waals surface area contributed by atoms with E-state index in [0.717, 1.165) is 34.0 Å². The molecule has 4 heterocycles. The number of benzene rings is 9. The van der Waals surface area contributed by atoms with Gasteiger partial charge in [0.1, 0.15) is 29.4 Å². The number of nitrogens with one attached hydrogen (secondary N) is 1. The van der Waals surface area contributed by atoms with Crippen molar-refractivity contribution in [3.8, 4) is 0 Å². The number of H-pyrrole nitrogens is 1. The quantitative estimate of drug-likeness (QED) is 0.152. The number of anilines is 1. The van der Waals surface area contributed by atoms with Crippen molar-refractivity contribution in [1.82, 2.24) is 34.3 Å². The topological polar surface area (TPSA) is 128 Å². The molecule has 0 saturated heterocycles. The summed E-state index contributed by atoms with van der Waals surface area (Å²) in [5.41, 5.74) is 31.6. The normalized spacial score (nSPS) is 15.9. The van der Waals surface area contributed by atoms with Crippen molar-refractivity contribution in [3.63, 3.8) is 0 Å². The Balaban J connectivity index is 0.000000120. The number of aromatic nitrogens is 7. The summed E-state index contributed by atoms with van der Waals surface area (Å²) >= 11 is 0. The first-order valence-corrected chi connectivity index (χ1v) is 40.3. The predicted octanol–water partition coefficient (Wildman–Crippen LogP) is 26.4. The molecular weight excluding hydrogens is 1340 g/mol. The zero-order valence-electron chi connectivity index (χ0n) is 69.4. The molecule has 0 aliphatic heterocycles. The first kappa shape index (κ1) is 79.2. The largest absolute Gasteiger partial charge is 0.383 e. The zero-order chi connectivity index (χ0) is 78.8. The average molecular weight is 1460 g/mol. The molecule has 0 amide bonds. The van der Waals surface area contributed by atoms with Gasteiger partial charge in [-0.15, -0.1) is 0 Å². The minimum absolute atomic E-state index is 0.0214. The van der Waals surface area contributed by atoms with E-state index >= 15 is 0 Å². The molecule has 0 radical (unpaired) electrons. The van der Waals surface area contributed by atoms with Gasteiger partial charge in [-0.25, -0.2) is 24.9 Å². The number of allylic oxidation sites excluding steroid dienone is 5. The van der Waals surface area contributed by atoms with Gasteiger partial charge in [-0.2, -0.15) is 0 Å². The molecule has 0 bridgehead atoms. The zero-order valence-corrected chi connectivity index (χ0v) is 69.4. The first-order chi connectivity index (χ1) is 52.5. The molecule has 9 nitrogen and oxygen atoms in total. The van der Waals surface area contributed by atoms with E-state index in [2.05, 4.69) is 327 Å². The van der Waals surface area contributed by atoms with E-state index < -0.39 is 0 Å². The van der Waals surface area contributed by atoms with Gasteiger partial charge in [0.05, 0.1) is 22.6 Å². The lowest BCUT2D eigenvalue weighted by molar-refractivity contribution is 0.569. The number of nitrogens with two attached hydrogens (primary N) is 1. The Morgan fingerprint density at radius 3 is 1.59 bits per heavy atom. The van der Waals surface area contributed by atoms with E-state index in [1.165, 1.54) is 151 Å². The lowest BCUT2D eigenvalue weighted by Gasteiger charge is -2.19. The maximum absolute atomic E-state index is 11.6. The van der Waals surface area contributed by atoms with E-state index in [1.807, 2.05) is 42.8 Å². The maximum atomic E-state index is 11.6. The van der Waals surface area contributed by atoms with Crippen molar-refractivity contribution in [1.29, 1.82) is 0 Å². The Labute approximate surface area is 654 Å². The number of aryl methyl sites for hydroxylation is 9. The molecule has 3 N–H and O–H groups in total. The van der Waals surface area contributed by atoms with Crippen LogP contribution >= 0.6 is 0 Å². The van der Waals surface area contributed by atoms with Gasteiger partial charge in [0.2, 0.25) is 0 Å². The van der Waals surface area contributed by atoms with Crippen LogP contribution in [0.3, 0.4) is 0 Å². The molecule has 566 valence electrons. The molecule has 4 aromatic heterocycles. The highest BCUT2D eigenvalue weighted by atomic mass is 16.1. The Kier molecular flexibility index (Phi) is 24.1. The van der Waals surface area contributed by atoms with Crippen LogP contribution in [0.15, 0.2) is 169 Å². The third-order valence-corrected chi connectivity index (χ3v) is 23.0. The minimum Gasteiger partial charge on any atom is -0.383 e. The highest BCUT2D eigenvalue weighted by Crippen LogP contribution is 2.43. The molecular formula is C101H116N8O. The van der Waals surface area contributed by atoms with Crippen LogP contribution in [-0.2, 0) is 6.42 Å². The number of fused-ring (bicyclic) bond motifs is 10. The fourth-order valence-corrected chi connectivity index (χ4v) is 17.3. The predicted molar refractivity (Wildman–Crippen MR) is 473 cm³/mol. The van der Waals surface area contributed by atoms with Crippen molar-refractivity contribution in [2.75, 3.05) is 5.73 Å². The van der Waals surface area contributed by atoms with Gasteiger partial charge in [0, 0.05) is 47.2 Å². The molecule has 0 fully saturated rings. The highest BCUT2D eigenvalue weighted by Gasteiger charge is 2.28. The Morgan fingerprint density at radius 2 is 0.936 bits per heavy atom.